The summed E-state index contributed by atoms with van der Waals surface area (Å²) in [5.41, 5.74) is 8.35. The van der Waals surface area contributed by atoms with Crippen molar-refractivity contribution in [2.75, 3.05) is 11.1 Å². The zero-order valence-electron chi connectivity index (χ0n) is 10.2. The molecule has 0 aliphatic rings. The van der Waals surface area contributed by atoms with Crippen LogP contribution in [0.3, 0.4) is 0 Å². The summed E-state index contributed by atoms with van der Waals surface area (Å²) in [7, 11) is 0. The molecular formula is C14H12BrClN2O. The Bertz CT molecular complexity index is 643. The van der Waals surface area contributed by atoms with Crippen molar-refractivity contribution >= 4 is 44.8 Å². The summed E-state index contributed by atoms with van der Waals surface area (Å²) < 4.78 is 0.697. The fraction of sp³-hybridized carbons (Fsp3) is 0.0714. The predicted octanol–water partition coefficient (Wildman–Crippen LogP) is 4.25. The maximum absolute atomic E-state index is 12.1. The first-order chi connectivity index (χ1) is 8.99. The lowest BCUT2D eigenvalue weighted by Gasteiger charge is -2.10. The van der Waals surface area contributed by atoms with Crippen molar-refractivity contribution in [3.05, 3.63) is 57.0 Å². The second-order valence-corrected chi connectivity index (χ2v) is 5.36. The molecule has 0 bridgehead atoms. The highest BCUT2D eigenvalue weighted by Crippen LogP contribution is 2.25. The quantitative estimate of drug-likeness (QED) is 0.804. The largest absolute Gasteiger partial charge is 0.398 e. The van der Waals surface area contributed by atoms with Gasteiger partial charge in [0.25, 0.3) is 5.91 Å². The van der Waals surface area contributed by atoms with Gasteiger partial charge >= 0.3 is 0 Å². The number of nitrogens with one attached hydrogen (secondary N) is 1. The number of benzene rings is 2. The van der Waals surface area contributed by atoms with E-state index in [2.05, 4.69) is 21.2 Å². The molecule has 0 aliphatic heterocycles. The lowest BCUT2D eigenvalue weighted by molar-refractivity contribution is 0.102. The third kappa shape index (κ3) is 3.08. The van der Waals surface area contributed by atoms with Crippen LogP contribution in [0.2, 0.25) is 5.02 Å². The number of hydrogen-bond donors (Lipinski definition) is 2. The van der Waals surface area contributed by atoms with Gasteiger partial charge in [-0.3, -0.25) is 4.79 Å². The van der Waals surface area contributed by atoms with E-state index >= 15 is 0 Å². The highest BCUT2D eigenvalue weighted by atomic mass is 79.9. The summed E-state index contributed by atoms with van der Waals surface area (Å²) in [6.45, 7) is 1.86. The second kappa shape index (κ2) is 5.63. The summed E-state index contributed by atoms with van der Waals surface area (Å²) >= 11 is 9.31. The molecule has 0 heterocycles. The minimum Gasteiger partial charge on any atom is -0.398 e. The van der Waals surface area contributed by atoms with Gasteiger partial charge in [-0.15, -0.1) is 0 Å². The maximum Gasteiger partial charge on any atom is 0.255 e. The summed E-state index contributed by atoms with van der Waals surface area (Å²) in [5, 5.41) is 3.45. The first kappa shape index (κ1) is 13.9. The number of carbonyl (C=O) groups excluding carboxylic acids is 1. The van der Waals surface area contributed by atoms with Gasteiger partial charge in [0.05, 0.1) is 0 Å². The number of carbonyl (C=O) groups is 1. The Morgan fingerprint density at radius 1 is 1.32 bits per heavy atom. The smallest absolute Gasteiger partial charge is 0.255 e. The Balaban J connectivity index is 2.26. The van der Waals surface area contributed by atoms with Crippen LogP contribution in [0.25, 0.3) is 0 Å². The zero-order chi connectivity index (χ0) is 14.0. The van der Waals surface area contributed by atoms with Crippen LogP contribution >= 0.6 is 27.5 Å². The normalized spacial score (nSPS) is 10.3. The molecule has 0 aliphatic carbocycles. The highest BCUT2D eigenvalue weighted by Gasteiger charge is 2.10. The molecule has 0 aromatic heterocycles. The Morgan fingerprint density at radius 3 is 2.74 bits per heavy atom. The van der Waals surface area contributed by atoms with Crippen LogP contribution < -0.4 is 11.1 Å². The first-order valence-electron chi connectivity index (χ1n) is 5.60. The molecule has 0 saturated heterocycles. The first-order valence-corrected chi connectivity index (χ1v) is 6.77. The number of amides is 1. The molecule has 98 valence electrons. The van der Waals surface area contributed by atoms with Gasteiger partial charge in [-0.1, -0.05) is 17.7 Å². The Hall–Kier alpha value is -1.52. The zero-order valence-corrected chi connectivity index (χ0v) is 12.5. The number of hydrogen-bond acceptors (Lipinski definition) is 2. The lowest BCUT2D eigenvalue weighted by Crippen LogP contribution is -2.13. The minimum atomic E-state index is -0.203. The number of rotatable bonds is 2. The molecule has 2 aromatic rings. The molecule has 3 nitrogen and oxygen atoms in total. The third-order valence-electron chi connectivity index (χ3n) is 2.78. The Kier molecular flexibility index (Phi) is 4.12. The molecule has 2 rings (SSSR count). The van der Waals surface area contributed by atoms with E-state index in [4.69, 9.17) is 17.3 Å². The van der Waals surface area contributed by atoms with E-state index in [1.54, 1.807) is 30.3 Å². The summed E-state index contributed by atoms with van der Waals surface area (Å²) in [4.78, 5) is 12.1. The van der Waals surface area contributed by atoms with E-state index in [0.29, 0.717) is 26.4 Å². The predicted molar refractivity (Wildman–Crippen MR) is 82.7 cm³/mol. The maximum atomic E-state index is 12.1. The van der Waals surface area contributed by atoms with Crippen LogP contribution in [-0.4, -0.2) is 5.91 Å². The van der Waals surface area contributed by atoms with Crippen molar-refractivity contribution in [2.45, 2.75) is 6.92 Å². The fourth-order valence-electron chi connectivity index (χ4n) is 1.61. The topological polar surface area (TPSA) is 55.1 Å². The molecule has 0 saturated carbocycles. The van der Waals surface area contributed by atoms with Crippen LogP contribution in [0.15, 0.2) is 40.9 Å². The van der Waals surface area contributed by atoms with E-state index in [0.717, 1.165) is 5.56 Å². The number of nitrogen functional groups attached to an aromatic ring is 1. The number of nitrogens with two attached hydrogens (primary N) is 1. The lowest BCUT2D eigenvalue weighted by atomic mass is 10.1. The second-order valence-electron chi connectivity index (χ2n) is 4.10. The monoisotopic (exact) mass is 338 g/mol. The van der Waals surface area contributed by atoms with Gasteiger partial charge in [0.1, 0.15) is 0 Å². The van der Waals surface area contributed by atoms with Gasteiger partial charge in [0.2, 0.25) is 0 Å². The average molecular weight is 340 g/mol. The molecule has 2 aromatic carbocycles. The van der Waals surface area contributed by atoms with Gasteiger partial charge in [0, 0.05) is 26.4 Å². The molecule has 0 fully saturated rings. The molecule has 0 unspecified atom stereocenters. The molecule has 5 heteroatoms. The van der Waals surface area contributed by atoms with Crippen molar-refractivity contribution in [3.63, 3.8) is 0 Å². The molecule has 0 spiro atoms. The van der Waals surface area contributed by atoms with Crippen molar-refractivity contribution in [1.82, 2.24) is 0 Å². The molecule has 0 radical (unpaired) electrons. The van der Waals surface area contributed by atoms with Gasteiger partial charge < -0.3 is 11.1 Å². The van der Waals surface area contributed by atoms with Crippen LogP contribution in [0.5, 0.6) is 0 Å². The number of halogens is 2. The summed E-state index contributed by atoms with van der Waals surface area (Å²) in [6.07, 6.45) is 0. The SMILES string of the molecule is Cc1c(Cl)cccc1NC(=O)c1ccc(N)c(Br)c1. The average Bonchev–Trinajstić information content (AvgIpc) is 2.38. The highest BCUT2D eigenvalue weighted by molar-refractivity contribution is 9.10. The van der Waals surface area contributed by atoms with Gasteiger partial charge in [-0.2, -0.15) is 0 Å². The van der Waals surface area contributed by atoms with Gasteiger partial charge in [-0.25, -0.2) is 0 Å². The van der Waals surface area contributed by atoms with Crippen LogP contribution in [0, 0.1) is 6.92 Å². The van der Waals surface area contributed by atoms with Crippen molar-refractivity contribution < 1.29 is 4.79 Å². The van der Waals surface area contributed by atoms with Gasteiger partial charge in [0.15, 0.2) is 0 Å². The van der Waals surface area contributed by atoms with Gasteiger partial charge in [-0.05, 0) is 58.7 Å². The van der Waals surface area contributed by atoms with Crippen LogP contribution in [-0.2, 0) is 0 Å². The minimum absolute atomic E-state index is 0.203. The van der Waals surface area contributed by atoms with E-state index < -0.39 is 0 Å². The molecule has 0 atom stereocenters. The summed E-state index contributed by atoms with van der Waals surface area (Å²) in [6, 6.07) is 10.4. The summed E-state index contributed by atoms with van der Waals surface area (Å²) in [5.74, 6) is -0.203. The van der Waals surface area contributed by atoms with E-state index in [1.165, 1.54) is 0 Å². The van der Waals surface area contributed by atoms with E-state index in [1.807, 2.05) is 13.0 Å². The molecule has 1 amide bonds. The molecule has 19 heavy (non-hydrogen) atoms. The number of anilines is 2. The Morgan fingerprint density at radius 2 is 2.05 bits per heavy atom. The van der Waals surface area contributed by atoms with Crippen LogP contribution in [0.4, 0.5) is 11.4 Å². The van der Waals surface area contributed by atoms with Crippen molar-refractivity contribution in [1.29, 1.82) is 0 Å². The van der Waals surface area contributed by atoms with Crippen LogP contribution in [0.1, 0.15) is 15.9 Å². The Labute approximate surface area is 124 Å². The molecule has 3 N–H and O–H groups in total. The third-order valence-corrected chi connectivity index (χ3v) is 3.87. The van der Waals surface area contributed by atoms with Crippen molar-refractivity contribution in [2.24, 2.45) is 0 Å². The molecular weight excluding hydrogens is 328 g/mol. The fourth-order valence-corrected chi connectivity index (χ4v) is 2.16. The standard InChI is InChI=1S/C14H12BrClN2O/c1-8-11(16)3-2-4-13(8)18-14(19)9-5-6-12(17)10(15)7-9/h2-7H,17H2,1H3,(H,18,19). The van der Waals surface area contributed by atoms with Crippen molar-refractivity contribution in [3.8, 4) is 0 Å². The van der Waals surface area contributed by atoms with E-state index in [-0.39, 0.29) is 5.91 Å². The van der Waals surface area contributed by atoms with E-state index in [9.17, 15) is 4.79 Å².